The Morgan fingerprint density at radius 1 is 1.09 bits per heavy atom. The van der Waals surface area contributed by atoms with Crippen molar-refractivity contribution in [3.63, 3.8) is 0 Å². The van der Waals surface area contributed by atoms with Crippen molar-refractivity contribution in [3.8, 4) is 0 Å². The van der Waals surface area contributed by atoms with Crippen LogP contribution in [0.15, 0.2) is 42.5 Å². The van der Waals surface area contributed by atoms with Crippen molar-refractivity contribution >= 4 is 50.4 Å². The van der Waals surface area contributed by atoms with Crippen LogP contribution < -0.4 is 5.32 Å². The highest BCUT2D eigenvalue weighted by Gasteiger charge is 2.17. The standard InChI is InChI=1S/C18H14ClNO2S/c1-10-3-8-14-15(9-10)23-17(16(14)19)18(22)20-13-6-4-12(5-7-13)11(2)21/h3-9H,1-2H3,(H,20,22). The van der Waals surface area contributed by atoms with E-state index in [1.54, 1.807) is 24.3 Å². The fraction of sp³-hybridized carbons (Fsp3) is 0.111. The highest BCUT2D eigenvalue weighted by Crippen LogP contribution is 2.36. The number of rotatable bonds is 3. The first-order valence-electron chi connectivity index (χ1n) is 7.06. The molecular formula is C18H14ClNO2S. The van der Waals surface area contributed by atoms with E-state index < -0.39 is 0 Å². The van der Waals surface area contributed by atoms with Crippen LogP contribution in [-0.2, 0) is 0 Å². The number of nitrogens with one attached hydrogen (secondary N) is 1. The van der Waals surface area contributed by atoms with Crippen molar-refractivity contribution in [2.24, 2.45) is 0 Å². The lowest BCUT2D eigenvalue weighted by molar-refractivity contribution is 0.101. The fourth-order valence-corrected chi connectivity index (χ4v) is 3.81. The average Bonchev–Trinajstić information content (AvgIpc) is 2.84. The van der Waals surface area contributed by atoms with Gasteiger partial charge in [0.1, 0.15) is 4.88 Å². The smallest absolute Gasteiger partial charge is 0.267 e. The van der Waals surface area contributed by atoms with Crippen LogP contribution >= 0.6 is 22.9 Å². The Hall–Kier alpha value is -2.17. The number of ketones is 1. The second kappa shape index (κ2) is 6.14. The molecular weight excluding hydrogens is 330 g/mol. The van der Waals surface area contributed by atoms with Gasteiger partial charge in [-0.05, 0) is 49.7 Å². The number of anilines is 1. The maximum absolute atomic E-state index is 12.5. The van der Waals surface area contributed by atoms with E-state index in [0.717, 1.165) is 15.6 Å². The number of amides is 1. The van der Waals surface area contributed by atoms with E-state index in [9.17, 15) is 9.59 Å². The number of thiophene rings is 1. The molecule has 0 aliphatic heterocycles. The van der Waals surface area contributed by atoms with Gasteiger partial charge in [0.25, 0.3) is 5.91 Å². The highest BCUT2D eigenvalue weighted by molar-refractivity contribution is 7.21. The maximum atomic E-state index is 12.5. The van der Waals surface area contributed by atoms with Gasteiger partial charge in [-0.15, -0.1) is 11.3 Å². The molecule has 1 amide bonds. The van der Waals surface area contributed by atoms with Crippen LogP contribution in [0, 0.1) is 6.92 Å². The van der Waals surface area contributed by atoms with Gasteiger partial charge in [-0.3, -0.25) is 9.59 Å². The Bertz CT molecular complexity index is 913. The minimum Gasteiger partial charge on any atom is -0.321 e. The number of halogens is 1. The number of hydrogen-bond donors (Lipinski definition) is 1. The summed E-state index contributed by atoms with van der Waals surface area (Å²) in [5, 5.41) is 4.18. The lowest BCUT2D eigenvalue weighted by Gasteiger charge is -2.04. The first kappa shape index (κ1) is 15.7. The van der Waals surface area contributed by atoms with Gasteiger partial charge in [0.2, 0.25) is 0 Å². The Morgan fingerprint density at radius 3 is 2.43 bits per heavy atom. The van der Waals surface area contributed by atoms with Crippen LogP contribution in [-0.4, -0.2) is 11.7 Å². The third-order valence-electron chi connectivity index (χ3n) is 3.54. The van der Waals surface area contributed by atoms with Crippen molar-refractivity contribution in [1.29, 1.82) is 0 Å². The van der Waals surface area contributed by atoms with Crippen molar-refractivity contribution < 1.29 is 9.59 Å². The van der Waals surface area contributed by atoms with E-state index in [4.69, 9.17) is 11.6 Å². The molecule has 0 spiro atoms. The quantitative estimate of drug-likeness (QED) is 0.654. The number of carbonyl (C=O) groups is 2. The molecule has 0 unspecified atom stereocenters. The molecule has 2 aromatic carbocycles. The highest BCUT2D eigenvalue weighted by atomic mass is 35.5. The van der Waals surface area contributed by atoms with Crippen molar-refractivity contribution in [3.05, 3.63) is 63.5 Å². The number of fused-ring (bicyclic) bond motifs is 1. The third-order valence-corrected chi connectivity index (χ3v) is 5.20. The van der Waals surface area contributed by atoms with E-state index in [1.807, 2.05) is 25.1 Å². The van der Waals surface area contributed by atoms with Gasteiger partial charge in [0, 0.05) is 21.3 Å². The molecule has 0 fully saturated rings. The first-order chi connectivity index (χ1) is 11.0. The van der Waals surface area contributed by atoms with Crippen LogP contribution in [0.5, 0.6) is 0 Å². The van der Waals surface area contributed by atoms with Crippen LogP contribution in [0.25, 0.3) is 10.1 Å². The van der Waals surface area contributed by atoms with Crippen LogP contribution in [0.1, 0.15) is 32.5 Å². The summed E-state index contributed by atoms with van der Waals surface area (Å²) in [5.41, 5.74) is 2.37. The van der Waals surface area contributed by atoms with Crippen molar-refractivity contribution in [2.75, 3.05) is 5.32 Å². The Morgan fingerprint density at radius 2 is 1.78 bits per heavy atom. The predicted molar refractivity (Wildman–Crippen MR) is 96.0 cm³/mol. The van der Waals surface area contributed by atoms with Crippen molar-refractivity contribution in [2.45, 2.75) is 13.8 Å². The molecule has 1 heterocycles. The number of Topliss-reactive ketones (excluding diaryl/α,β-unsaturated/α-hetero) is 1. The zero-order chi connectivity index (χ0) is 16.6. The summed E-state index contributed by atoms with van der Waals surface area (Å²) in [6, 6.07) is 12.7. The third kappa shape index (κ3) is 3.14. The summed E-state index contributed by atoms with van der Waals surface area (Å²) in [5.74, 6) is -0.254. The zero-order valence-electron chi connectivity index (χ0n) is 12.6. The fourth-order valence-electron chi connectivity index (χ4n) is 2.29. The van der Waals surface area contributed by atoms with Gasteiger partial charge in [-0.1, -0.05) is 23.7 Å². The average molecular weight is 344 g/mol. The summed E-state index contributed by atoms with van der Waals surface area (Å²) in [6.07, 6.45) is 0. The van der Waals surface area contributed by atoms with Crippen LogP contribution in [0.4, 0.5) is 5.69 Å². The molecule has 5 heteroatoms. The number of hydrogen-bond acceptors (Lipinski definition) is 3. The summed E-state index contributed by atoms with van der Waals surface area (Å²) in [7, 11) is 0. The second-order valence-electron chi connectivity index (χ2n) is 5.33. The van der Waals surface area contributed by atoms with Gasteiger partial charge >= 0.3 is 0 Å². The molecule has 0 radical (unpaired) electrons. The molecule has 1 aromatic heterocycles. The zero-order valence-corrected chi connectivity index (χ0v) is 14.2. The summed E-state index contributed by atoms with van der Waals surface area (Å²) < 4.78 is 0.993. The lowest BCUT2D eigenvalue weighted by atomic mass is 10.1. The SMILES string of the molecule is CC(=O)c1ccc(NC(=O)c2sc3cc(C)ccc3c2Cl)cc1. The van der Waals surface area contributed by atoms with Gasteiger partial charge in [0.05, 0.1) is 5.02 Å². The lowest BCUT2D eigenvalue weighted by Crippen LogP contribution is -2.10. The Balaban J connectivity index is 1.88. The van der Waals surface area contributed by atoms with Crippen molar-refractivity contribution in [1.82, 2.24) is 0 Å². The molecule has 0 aliphatic carbocycles. The van der Waals surface area contributed by atoms with E-state index >= 15 is 0 Å². The molecule has 3 nitrogen and oxygen atoms in total. The van der Waals surface area contributed by atoms with Gasteiger partial charge in [-0.2, -0.15) is 0 Å². The predicted octanol–water partition coefficient (Wildman–Crippen LogP) is 5.32. The molecule has 0 bridgehead atoms. The molecule has 116 valence electrons. The largest absolute Gasteiger partial charge is 0.321 e. The molecule has 0 aliphatic rings. The first-order valence-corrected chi connectivity index (χ1v) is 8.26. The van der Waals surface area contributed by atoms with Gasteiger partial charge in [0.15, 0.2) is 5.78 Å². The minimum absolute atomic E-state index is 0.00852. The summed E-state index contributed by atoms with van der Waals surface area (Å²) in [4.78, 5) is 24.2. The number of carbonyl (C=O) groups excluding carboxylic acids is 2. The molecule has 0 saturated carbocycles. The summed E-state index contributed by atoms with van der Waals surface area (Å²) in [6.45, 7) is 3.51. The Kier molecular flexibility index (Phi) is 4.20. The second-order valence-corrected chi connectivity index (χ2v) is 6.76. The molecule has 1 N–H and O–H groups in total. The topological polar surface area (TPSA) is 46.2 Å². The Labute approximate surface area is 142 Å². The number of benzene rings is 2. The van der Waals surface area contributed by atoms with Gasteiger partial charge < -0.3 is 5.32 Å². The molecule has 3 aromatic rings. The number of aryl methyl sites for hydroxylation is 1. The molecule has 23 heavy (non-hydrogen) atoms. The van der Waals surface area contributed by atoms with E-state index in [2.05, 4.69) is 5.32 Å². The molecule has 0 atom stereocenters. The van der Waals surface area contributed by atoms with E-state index in [1.165, 1.54) is 18.3 Å². The molecule has 0 saturated heterocycles. The van der Waals surface area contributed by atoms with Gasteiger partial charge in [-0.25, -0.2) is 0 Å². The van der Waals surface area contributed by atoms with Crippen LogP contribution in [0.2, 0.25) is 5.02 Å². The van der Waals surface area contributed by atoms with E-state index in [-0.39, 0.29) is 11.7 Å². The normalized spacial score (nSPS) is 10.7. The summed E-state index contributed by atoms with van der Waals surface area (Å²) >= 11 is 7.72. The monoisotopic (exact) mass is 343 g/mol. The van der Waals surface area contributed by atoms with E-state index in [0.29, 0.717) is 21.2 Å². The van der Waals surface area contributed by atoms with Crippen LogP contribution in [0.3, 0.4) is 0 Å². The maximum Gasteiger partial charge on any atom is 0.267 e. The molecule has 3 rings (SSSR count). The minimum atomic E-state index is -0.246.